The number of nitrogens with two attached hydrogens (primary N) is 1. The Morgan fingerprint density at radius 3 is 2.52 bits per heavy atom. The Morgan fingerprint density at radius 2 is 1.95 bits per heavy atom. The summed E-state index contributed by atoms with van der Waals surface area (Å²) in [5, 5.41) is 10.6. The molecule has 0 radical (unpaired) electrons. The highest BCUT2D eigenvalue weighted by molar-refractivity contribution is 9.10. The van der Waals surface area contributed by atoms with Gasteiger partial charge in [-0.2, -0.15) is 0 Å². The number of hydrogen-bond acceptors (Lipinski definition) is 4. The highest BCUT2D eigenvalue weighted by Crippen LogP contribution is 2.29. The second-order valence-electron chi connectivity index (χ2n) is 4.62. The predicted molar refractivity (Wildman–Crippen MR) is 84.4 cm³/mol. The van der Waals surface area contributed by atoms with Gasteiger partial charge in [0.1, 0.15) is 5.75 Å². The van der Waals surface area contributed by atoms with E-state index in [9.17, 15) is 10.1 Å². The zero-order chi connectivity index (χ0) is 15.4. The molecule has 21 heavy (non-hydrogen) atoms. The Morgan fingerprint density at radius 1 is 1.29 bits per heavy atom. The number of rotatable bonds is 5. The summed E-state index contributed by atoms with van der Waals surface area (Å²) in [6.45, 7) is 0. The van der Waals surface area contributed by atoms with Crippen molar-refractivity contribution in [2.24, 2.45) is 5.73 Å². The molecule has 0 spiro atoms. The van der Waals surface area contributed by atoms with Crippen molar-refractivity contribution in [1.82, 2.24) is 0 Å². The van der Waals surface area contributed by atoms with Crippen LogP contribution in [0, 0.1) is 10.1 Å². The smallest absolute Gasteiger partial charge is 0.269 e. The average molecular weight is 351 g/mol. The van der Waals surface area contributed by atoms with Crippen molar-refractivity contribution in [3.05, 3.63) is 68.2 Å². The van der Waals surface area contributed by atoms with Crippen LogP contribution in [0.4, 0.5) is 5.69 Å². The number of benzene rings is 2. The Hall–Kier alpha value is -1.92. The SMILES string of the molecule is COc1cc(Br)ccc1C(N)Cc1ccc([N+](=O)[O-])cc1. The highest BCUT2D eigenvalue weighted by Gasteiger charge is 2.14. The van der Waals surface area contributed by atoms with Gasteiger partial charge in [0.15, 0.2) is 0 Å². The molecule has 0 aromatic heterocycles. The lowest BCUT2D eigenvalue weighted by Crippen LogP contribution is -2.14. The number of methoxy groups -OCH3 is 1. The van der Waals surface area contributed by atoms with Gasteiger partial charge in [0.2, 0.25) is 0 Å². The molecule has 1 unspecified atom stereocenters. The van der Waals surface area contributed by atoms with E-state index in [4.69, 9.17) is 10.5 Å². The summed E-state index contributed by atoms with van der Waals surface area (Å²) >= 11 is 3.39. The largest absolute Gasteiger partial charge is 0.496 e. The number of nitro groups is 1. The number of non-ortho nitro benzene ring substituents is 1. The van der Waals surface area contributed by atoms with Gasteiger partial charge in [-0.25, -0.2) is 0 Å². The normalized spacial score (nSPS) is 12.0. The zero-order valence-electron chi connectivity index (χ0n) is 11.5. The summed E-state index contributed by atoms with van der Waals surface area (Å²) in [6.07, 6.45) is 0.579. The molecule has 6 heteroatoms. The van der Waals surface area contributed by atoms with Crippen molar-refractivity contribution in [3.8, 4) is 5.75 Å². The topological polar surface area (TPSA) is 78.4 Å². The third-order valence-corrected chi connectivity index (χ3v) is 3.69. The maximum Gasteiger partial charge on any atom is 0.269 e. The molecule has 0 aliphatic carbocycles. The predicted octanol–water partition coefficient (Wildman–Crippen LogP) is 3.61. The summed E-state index contributed by atoms with van der Waals surface area (Å²) in [6, 6.07) is 11.9. The molecule has 5 nitrogen and oxygen atoms in total. The van der Waals surface area contributed by atoms with Gasteiger partial charge < -0.3 is 10.5 Å². The molecule has 0 fully saturated rings. The standard InChI is InChI=1S/C15H15BrN2O3/c1-21-15-9-11(16)4-7-13(15)14(17)8-10-2-5-12(6-3-10)18(19)20/h2-7,9,14H,8,17H2,1H3. The summed E-state index contributed by atoms with van der Waals surface area (Å²) in [5.41, 5.74) is 8.14. The van der Waals surface area contributed by atoms with E-state index in [1.807, 2.05) is 18.2 Å². The van der Waals surface area contributed by atoms with Crippen molar-refractivity contribution >= 4 is 21.6 Å². The Bertz CT molecular complexity index is 644. The minimum atomic E-state index is -0.415. The minimum Gasteiger partial charge on any atom is -0.496 e. The third kappa shape index (κ3) is 3.80. The molecule has 0 heterocycles. The monoisotopic (exact) mass is 350 g/mol. The summed E-state index contributed by atoms with van der Waals surface area (Å²) in [5.74, 6) is 0.721. The quantitative estimate of drug-likeness (QED) is 0.659. The molecule has 0 aliphatic heterocycles. The average Bonchev–Trinajstić information content (AvgIpc) is 2.47. The van der Waals surface area contributed by atoms with Crippen molar-refractivity contribution in [1.29, 1.82) is 0 Å². The molecule has 2 aromatic carbocycles. The van der Waals surface area contributed by atoms with E-state index in [1.54, 1.807) is 19.2 Å². The lowest BCUT2D eigenvalue weighted by Gasteiger charge is -2.16. The molecule has 0 bridgehead atoms. The van der Waals surface area contributed by atoms with Crippen molar-refractivity contribution in [2.75, 3.05) is 7.11 Å². The van der Waals surface area contributed by atoms with Crippen LogP contribution in [0.3, 0.4) is 0 Å². The molecule has 1 atom stereocenters. The molecule has 110 valence electrons. The maximum absolute atomic E-state index is 10.6. The van der Waals surface area contributed by atoms with Crippen molar-refractivity contribution < 1.29 is 9.66 Å². The van der Waals surface area contributed by atoms with E-state index < -0.39 is 4.92 Å². The number of ether oxygens (including phenoxy) is 1. The van der Waals surface area contributed by atoms with Gasteiger partial charge >= 0.3 is 0 Å². The lowest BCUT2D eigenvalue weighted by molar-refractivity contribution is -0.384. The fourth-order valence-corrected chi connectivity index (χ4v) is 2.45. The lowest BCUT2D eigenvalue weighted by atomic mass is 9.99. The second kappa shape index (κ2) is 6.69. The third-order valence-electron chi connectivity index (χ3n) is 3.20. The number of nitrogens with zero attached hydrogens (tertiary/aromatic N) is 1. The molecule has 2 N–H and O–H groups in total. The van der Waals surface area contributed by atoms with Crippen LogP contribution in [0.1, 0.15) is 17.2 Å². The van der Waals surface area contributed by atoms with Gasteiger partial charge in [0, 0.05) is 28.2 Å². The molecular weight excluding hydrogens is 336 g/mol. The fourth-order valence-electron chi connectivity index (χ4n) is 2.11. The minimum absolute atomic E-state index is 0.0774. The van der Waals surface area contributed by atoms with E-state index in [-0.39, 0.29) is 11.7 Å². The Kier molecular flexibility index (Phi) is 4.93. The van der Waals surface area contributed by atoms with Gasteiger partial charge in [-0.05, 0) is 24.1 Å². The van der Waals surface area contributed by atoms with Crippen LogP contribution < -0.4 is 10.5 Å². The Balaban J connectivity index is 2.17. The van der Waals surface area contributed by atoms with Crippen molar-refractivity contribution in [2.45, 2.75) is 12.5 Å². The second-order valence-corrected chi connectivity index (χ2v) is 5.54. The number of nitro benzene ring substituents is 1. The van der Waals surface area contributed by atoms with Crippen LogP contribution >= 0.6 is 15.9 Å². The van der Waals surface area contributed by atoms with E-state index in [1.165, 1.54) is 12.1 Å². The number of halogens is 1. The van der Waals surface area contributed by atoms with Crippen LogP contribution in [0.5, 0.6) is 5.75 Å². The van der Waals surface area contributed by atoms with Crippen molar-refractivity contribution in [3.63, 3.8) is 0 Å². The molecule has 0 saturated heterocycles. The van der Waals surface area contributed by atoms with E-state index in [2.05, 4.69) is 15.9 Å². The Labute approximate surface area is 131 Å². The zero-order valence-corrected chi connectivity index (χ0v) is 13.0. The van der Waals surface area contributed by atoms with Gasteiger partial charge in [0.25, 0.3) is 5.69 Å². The highest BCUT2D eigenvalue weighted by atomic mass is 79.9. The van der Waals surface area contributed by atoms with Crippen LogP contribution in [-0.4, -0.2) is 12.0 Å². The van der Waals surface area contributed by atoms with Gasteiger partial charge in [-0.1, -0.05) is 34.1 Å². The maximum atomic E-state index is 10.6. The van der Waals surface area contributed by atoms with Crippen LogP contribution in [-0.2, 0) is 6.42 Å². The molecule has 0 saturated carbocycles. The summed E-state index contributed by atoms with van der Waals surface area (Å²) < 4.78 is 6.26. The molecular formula is C15H15BrN2O3. The molecule has 0 aliphatic rings. The molecule has 0 amide bonds. The first kappa shape index (κ1) is 15.5. The molecule has 2 rings (SSSR count). The van der Waals surface area contributed by atoms with Crippen LogP contribution in [0.25, 0.3) is 0 Å². The number of hydrogen-bond donors (Lipinski definition) is 1. The first-order valence-electron chi connectivity index (χ1n) is 6.33. The van der Waals surface area contributed by atoms with Crippen LogP contribution in [0.2, 0.25) is 0 Å². The van der Waals surface area contributed by atoms with Gasteiger partial charge in [0.05, 0.1) is 12.0 Å². The summed E-state index contributed by atoms with van der Waals surface area (Å²) in [4.78, 5) is 10.2. The molecule has 2 aromatic rings. The summed E-state index contributed by atoms with van der Waals surface area (Å²) in [7, 11) is 1.60. The van der Waals surface area contributed by atoms with E-state index >= 15 is 0 Å². The van der Waals surface area contributed by atoms with Gasteiger partial charge in [-0.3, -0.25) is 10.1 Å². The van der Waals surface area contributed by atoms with E-state index in [0.29, 0.717) is 6.42 Å². The fraction of sp³-hybridized carbons (Fsp3) is 0.200. The first-order valence-corrected chi connectivity index (χ1v) is 7.13. The van der Waals surface area contributed by atoms with Gasteiger partial charge in [-0.15, -0.1) is 0 Å². The van der Waals surface area contributed by atoms with Crippen LogP contribution in [0.15, 0.2) is 46.9 Å². The van der Waals surface area contributed by atoms with E-state index in [0.717, 1.165) is 21.3 Å². The first-order chi connectivity index (χ1) is 10.0.